The average molecular weight is 393 g/mol. The van der Waals surface area contributed by atoms with E-state index in [0.29, 0.717) is 42.9 Å². The second-order valence-corrected chi connectivity index (χ2v) is 6.39. The average Bonchev–Trinajstić information content (AvgIpc) is 3.46. The fourth-order valence-corrected chi connectivity index (χ4v) is 3.14. The van der Waals surface area contributed by atoms with Gasteiger partial charge in [0.05, 0.1) is 18.8 Å². The smallest absolute Gasteiger partial charge is 0.236 e. The third-order valence-electron chi connectivity index (χ3n) is 4.52. The van der Waals surface area contributed by atoms with Crippen molar-refractivity contribution in [2.75, 3.05) is 18.0 Å². The lowest BCUT2D eigenvalue weighted by Gasteiger charge is -2.34. The Bertz CT molecular complexity index is 1010. The minimum absolute atomic E-state index is 0.0985. The topological polar surface area (TPSA) is 118 Å². The molecule has 0 bridgehead atoms. The largest absolute Gasteiger partial charge is 0.467 e. The van der Waals surface area contributed by atoms with Crippen molar-refractivity contribution in [2.45, 2.75) is 19.0 Å². The summed E-state index contributed by atoms with van der Waals surface area (Å²) in [6.45, 7) is 1.41. The maximum atomic E-state index is 12.3. The molecule has 0 spiro atoms. The summed E-state index contributed by atoms with van der Waals surface area (Å²) in [5.74, 6) is 3.45. The van der Waals surface area contributed by atoms with Gasteiger partial charge >= 0.3 is 0 Å². The number of rotatable bonds is 6. The van der Waals surface area contributed by atoms with Gasteiger partial charge in [-0.3, -0.25) is 9.36 Å². The highest BCUT2D eigenvalue weighted by molar-refractivity contribution is 5.78. The van der Waals surface area contributed by atoms with E-state index >= 15 is 0 Å². The number of carbonyl (C=O) groups excluding carboxylic acids is 2. The highest BCUT2D eigenvalue weighted by Crippen LogP contribution is 2.22. The lowest BCUT2D eigenvalue weighted by Crippen LogP contribution is -2.51. The number of piperazine rings is 1. The molecule has 10 heteroatoms. The van der Waals surface area contributed by atoms with Crippen LogP contribution in [0.4, 0.5) is 5.82 Å². The fourth-order valence-electron chi connectivity index (χ4n) is 3.14. The molecular formula is C19H19N7O3. The second kappa shape index (κ2) is 8.51. The molecule has 1 aliphatic rings. The number of aromatic nitrogens is 4. The van der Waals surface area contributed by atoms with Crippen LogP contribution in [0.1, 0.15) is 12.2 Å². The van der Waals surface area contributed by atoms with Crippen molar-refractivity contribution in [2.24, 2.45) is 0 Å². The maximum absolute atomic E-state index is 12.3. The normalized spacial score (nSPS) is 16.5. The maximum Gasteiger partial charge on any atom is 0.236 e. The van der Waals surface area contributed by atoms with Gasteiger partial charge in [0.2, 0.25) is 11.9 Å². The predicted molar refractivity (Wildman–Crippen MR) is 103 cm³/mol. The van der Waals surface area contributed by atoms with Crippen molar-refractivity contribution in [3.05, 3.63) is 60.8 Å². The quantitative estimate of drug-likeness (QED) is 0.580. The number of nitrogens with one attached hydrogen (secondary N) is 2. The summed E-state index contributed by atoms with van der Waals surface area (Å²) in [4.78, 5) is 38.6. The number of nitrogens with zero attached hydrogens (tertiary/aromatic N) is 5. The molecule has 0 saturated carbocycles. The third-order valence-corrected chi connectivity index (χ3v) is 4.52. The van der Waals surface area contributed by atoms with Crippen LogP contribution in [0.15, 0.2) is 59.5 Å². The molecule has 1 amide bonds. The Morgan fingerprint density at radius 1 is 1.38 bits per heavy atom. The van der Waals surface area contributed by atoms with Gasteiger partial charge in [0.15, 0.2) is 0 Å². The molecular weight excluding hydrogens is 374 g/mol. The van der Waals surface area contributed by atoms with Crippen molar-refractivity contribution in [3.8, 4) is 5.95 Å². The van der Waals surface area contributed by atoms with Crippen LogP contribution in [0.2, 0.25) is 0 Å². The van der Waals surface area contributed by atoms with Crippen LogP contribution in [0.25, 0.3) is 5.95 Å². The number of amides is 1. The summed E-state index contributed by atoms with van der Waals surface area (Å²) in [6, 6.07) is 4.79. The highest BCUT2D eigenvalue weighted by atomic mass is 16.3. The van der Waals surface area contributed by atoms with E-state index in [0.717, 1.165) is 0 Å². The molecule has 3 aromatic rings. The first-order valence-electron chi connectivity index (χ1n) is 9.11. The minimum Gasteiger partial charge on any atom is -0.467 e. The molecule has 4 rings (SSSR count). The lowest BCUT2D eigenvalue weighted by molar-refractivity contribution is -0.121. The van der Waals surface area contributed by atoms with Gasteiger partial charge in [-0.2, -0.15) is 4.98 Å². The zero-order valence-electron chi connectivity index (χ0n) is 15.5. The molecule has 1 aliphatic heterocycles. The van der Waals surface area contributed by atoms with E-state index in [1.165, 1.54) is 0 Å². The van der Waals surface area contributed by atoms with Crippen molar-refractivity contribution >= 4 is 17.7 Å². The van der Waals surface area contributed by atoms with E-state index in [1.54, 1.807) is 58.8 Å². The zero-order chi connectivity index (χ0) is 20.1. The molecule has 29 heavy (non-hydrogen) atoms. The number of anilines is 1. The number of hydrogen-bond acceptors (Lipinski definition) is 8. The third kappa shape index (κ3) is 4.23. The molecule has 3 aromatic heterocycles. The number of carbonyl (C=O) groups is 1. The van der Waals surface area contributed by atoms with Crippen molar-refractivity contribution in [1.29, 1.82) is 0 Å². The van der Waals surface area contributed by atoms with Crippen LogP contribution < -0.4 is 15.5 Å². The van der Waals surface area contributed by atoms with E-state index in [2.05, 4.69) is 25.6 Å². The first kappa shape index (κ1) is 18.6. The minimum atomic E-state index is -0.468. The van der Waals surface area contributed by atoms with Crippen molar-refractivity contribution in [1.82, 2.24) is 30.2 Å². The summed E-state index contributed by atoms with van der Waals surface area (Å²) >= 11 is 0. The molecule has 4 heterocycles. The summed E-state index contributed by atoms with van der Waals surface area (Å²) in [6.07, 6.45) is 8.23. The lowest BCUT2D eigenvalue weighted by atomic mass is 10.1. The number of hydrogen-bond donors (Lipinski definition) is 2. The summed E-state index contributed by atoms with van der Waals surface area (Å²) < 4.78 is 6.88. The summed E-state index contributed by atoms with van der Waals surface area (Å²) in [5, 5.41) is 5.99. The van der Waals surface area contributed by atoms with Crippen molar-refractivity contribution < 1.29 is 14.0 Å². The number of imidazole rings is 1. The monoisotopic (exact) mass is 393 g/mol. The molecule has 1 fully saturated rings. The van der Waals surface area contributed by atoms with Gasteiger partial charge in [0.1, 0.15) is 29.5 Å². The Labute approximate surface area is 166 Å². The van der Waals surface area contributed by atoms with Crippen LogP contribution in [-0.4, -0.2) is 50.5 Å². The molecule has 10 nitrogen and oxygen atoms in total. The SMILES string of the molecule is O=C=C1C(CC(=O)NCc2ccco2)NCCN1c1ccnc(-n2ccnc2)n1. The molecule has 148 valence electrons. The van der Waals surface area contributed by atoms with Gasteiger partial charge in [-0.1, -0.05) is 0 Å². The Balaban J connectivity index is 1.47. The van der Waals surface area contributed by atoms with Crippen LogP contribution >= 0.6 is 0 Å². The molecule has 1 saturated heterocycles. The Morgan fingerprint density at radius 2 is 2.31 bits per heavy atom. The second-order valence-electron chi connectivity index (χ2n) is 6.39. The van der Waals surface area contributed by atoms with Crippen LogP contribution in [0.3, 0.4) is 0 Å². The van der Waals surface area contributed by atoms with Gasteiger partial charge in [-0.15, -0.1) is 0 Å². The Morgan fingerprint density at radius 3 is 3.07 bits per heavy atom. The summed E-state index contributed by atoms with van der Waals surface area (Å²) in [5.41, 5.74) is 0.333. The van der Waals surface area contributed by atoms with Crippen molar-refractivity contribution in [3.63, 3.8) is 0 Å². The first-order chi connectivity index (χ1) is 14.2. The zero-order valence-corrected chi connectivity index (χ0v) is 15.5. The van der Waals surface area contributed by atoms with Gasteiger partial charge < -0.3 is 20.0 Å². The molecule has 2 N–H and O–H groups in total. The van der Waals surface area contributed by atoms with Gasteiger partial charge in [0, 0.05) is 38.1 Å². The Kier molecular flexibility index (Phi) is 5.46. The molecule has 0 radical (unpaired) electrons. The highest BCUT2D eigenvalue weighted by Gasteiger charge is 2.29. The number of furan rings is 1. The molecule has 1 atom stereocenters. The molecule has 1 unspecified atom stereocenters. The van der Waals surface area contributed by atoms with Gasteiger partial charge in [-0.25, -0.2) is 14.8 Å². The van der Waals surface area contributed by atoms with E-state index in [-0.39, 0.29) is 12.3 Å². The first-order valence-corrected chi connectivity index (χ1v) is 9.11. The van der Waals surface area contributed by atoms with E-state index in [4.69, 9.17) is 4.42 Å². The standard InChI is InChI=1S/C19H19N7O3/c27-12-16-15(10-18(28)23-11-14-2-1-9-29-14)21-6-8-26(16)17-3-4-22-19(24-17)25-7-5-20-13-25/h1-5,7,9,13,15,21H,6,8,10-11H2,(H,23,28). The predicted octanol–water partition coefficient (Wildman–Crippen LogP) is 0.455. The van der Waals surface area contributed by atoms with Crippen LogP contribution in [0.5, 0.6) is 0 Å². The fraction of sp³-hybridized carbons (Fsp3) is 0.263. The van der Waals surface area contributed by atoms with Crippen LogP contribution in [-0.2, 0) is 16.1 Å². The summed E-state index contributed by atoms with van der Waals surface area (Å²) in [7, 11) is 0. The van der Waals surface area contributed by atoms with E-state index < -0.39 is 6.04 Å². The molecule has 0 aromatic carbocycles. The van der Waals surface area contributed by atoms with E-state index in [1.807, 2.05) is 5.94 Å². The van der Waals surface area contributed by atoms with Gasteiger partial charge in [-0.05, 0) is 18.2 Å². The molecule has 0 aliphatic carbocycles. The van der Waals surface area contributed by atoms with Crippen LogP contribution in [0, 0.1) is 0 Å². The van der Waals surface area contributed by atoms with Gasteiger partial charge in [0.25, 0.3) is 0 Å². The Hall–Kier alpha value is -3.75. The van der Waals surface area contributed by atoms with E-state index in [9.17, 15) is 9.59 Å².